The van der Waals surface area contributed by atoms with Crippen molar-refractivity contribution in [3.63, 3.8) is 0 Å². The molecule has 0 unspecified atom stereocenters. The molecule has 68 valence electrons. The molecule has 0 aliphatic heterocycles. The van der Waals surface area contributed by atoms with Crippen LogP contribution in [-0.2, 0) is 9.59 Å². The van der Waals surface area contributed by atoms with Crippen LogP contribution in [0.5, 0.6) is 0 Å². The van der Waals surface area contributed by atoms with E-state index in [4.69, 9.17) is 0 Å². The van der Waals surface area contributed by atoms with E-state index in [0.717, 1.165) is 6.08 Å². The Balaban J connectivity index is 3.88. The fourth-order valence-corrected chi connectivity index (χ4v) is 0.357. The lowest BCUT2D eigenvalue weighted by molar-refractivity contribution is -0.132. The van der Waals surface area contributed by atoms with Crippen molar-refractivity contribution < 1.29 is 9.59 Å². The first-order valence-electron chi connectivity index (χ1n) is 3.61. The molecule has 0 aliphatic carbocycles. The SMILES string of the molecule is C=CC(=O)NNC(=O)C(C)(C)C. The van der Waals surface area contributed by atoms with Gasteiger partial charge in [0.1, 0.15) is 0 Å². The molecule has 0 saturated heterocycles. The second kappa shape index (κ2) is 3.90. The van der Waals surface area contributed by atoms with E-state index < -0.39 is 11.3 Å². The van der Waals surface area contributed by atoms with E-state index in [1.165, 1.54) is 0 Å². The zero-order valence-corrected chi connectivity index (χ0v) is 7.60. The average molecular weight is 170 g/mol. The van der Waals surface area contributed by atoms with Crippen LogP contribution in [0.15, 0.2) is 12.7 Å². The molecule has 0 bridgehead atoms. The summed E-state index contributed by atoms with van der Waals surface area (Å²) in [7, 11) is 0. The molecule has 0 spiro atoms. The second-order valence-corrected chi connectivity index (χ2v) is 3.40. The molecular weight excluding hydrogens is 156 g/mol. The van der Waals surface area contributed by atoms with Crippen molar-refractivity contribution in [1.29, 1.82) is 0 Å². The largest absolute Gasteiger partial charge is 0.273 e. The molecule has 0 fully saturated rings. The molecule has 4 nitrogen and oxygen atoms in total. The fraction of sp³-hybridized carbons (Fsp3) is 0.500. The van der Waals surface area contributed by atoms with Crippen molar-refractivity contribution in [3.05, 3.63) is 12.7 Å². The average Bonchev–Trinajstić information content (AvgIpc) is 1.97. The third-order valence-corrected chi connectivity index (χ3v) is 1.17. The molecule has 0 radical (unpaired) electrons. The molecule has 2 N–H and O–H groups in total. The van der Waals surface area contributed by atoms with Gasteiger partial charge in [0.2, 0.25) is 5.91 Å². The standard InChI is InChI=1S/C8H14N2O2/c1-5-6(11)9-10-7(12)8(2,3)4/h5H,1H2,2-4H3,(H,9,11)(H,10,12). The molecule has 0 aromatic carbocycles. The Morgan fingerprint density at radius 3 is 2.08 bits per heavy atom. The van der Waals surface area contributed by atoms with Crippen LogP contribution >= 0.6 is 0 Å². The highest BCUT2D eigenvalue weighted by Crippen LogP contribution is 2.11. The predicted molar refractivity (Wildman–Crippen MR) is 45.9 cm³/mol. The monoisotopic (exact) mass is 170 g/mol. The molecule has 0 atom stereocenters. The zero-order valence-electron chi connectivity index (χ0n) is 7.60. The van der Waals surface area contributed by atoms with Gasteiger partial charge in [-0.15, -0.1) is 0 Å². The highest BCUT2D eigenvalue weighted by atomic mass is 16.2. The minimum Gasteiger partial charge on any atom is -0.273 e. The zero-order chi connectivity index (χ0) is 9.78. The predicted octanol–water partition coefficient (Wildman–Crippen LogP) is 0.366. The number of carbonyl (C=O) groups is 2. The fourth-order valence-electron chi connectivity index (χ4n) is 0.357. The van der Waals surface area contributed by atoms with E-state index in [0.29, 0.717) is 0 Å². The van der Waals surface area contributed by atoms with Gasteiger partial charge in [0.15, 0.2) is 0 Å². The van der Waals surface area contributed by atoms with E-state index in [1.807, 2.05) is 0 Å². The third-order valence-electron chi connectivity index (χ3n) is 1.17. The summed E-state index contributed by atoms with van der Waals surface area (Å²) in [5, 5.41) is 0. The topological polar surface area (TPSA) is 58.2 Å². The Bertz CT molecular complexity index is 204. The van der Waals surface area contributed by atoms with Gasteiger partial charge in [0.25, 0.3) is 5.91 Å². The van der Waals surface area contributed by atoms with Gasteiger partial charge in [-0.2, -0.15) is 0 Å². The molecule has 4 heteroatoms. The quantitative estimate of drug-likeness (QED) is 0.441. The Morgan fingerprint density at radius 2 is 1.75 bits per heavy atom. The Labute approximate surface area is 72.0 Å². The molecule has 2 amide bonds. The van der Waals surface area contributed by atoms with Crippen molar-refractivity contribution in [2.45, 2.75) is 20.8 Å². The van der Waals surface area contributed by atoms with Crippen molar-refractivity contribution in [1.82, 2.24) is 10.9 Å². The van der Waals surface area contributed by atoms with Crippen molar-refractivity contribution >= 4 is 11.8 Å². The summed E-state index contributed by atoms with van der Waals surface area (Å²) in [6, 6.07) is 0. The summed E-state index contributed by atoms with van der Waals surface area (Å²) in [6.07, 6.45) is 1.09. The minimum absolute atomic E-state index is 0.238. The Kier molecular flexibility index (Phi) is 3.47. The molecule has 0 rings (SSSR count). The first-order chi connectivity index (χ1) is 5.38. The molecule has 0 aromatic heterocycles. The maximum Gasteiger partial charge on any atom is 0.261 e. The normalized spacial score (nSPS) is 10.2. The first-order valence-corrected chi connectivity index (χ1v) is 3.61. The molecule has 0 heterocycles. The van der Waals surface area contributed by atoms with Gasteiger partial charge >= 0.3 is 0 Å². The highest BCUT2D eigenvalue weighted by molar-refractivity contribution is 5.90. The Hall–Kier alpha value is -1.32. The van der Waals surface area contributed by atoms with Gasteiger partial charge in [0.05, 0.1) is 0 Å². The first kappa shape index (κ1) is 10.7. The lowest BCUT2D eigenvalue weighted by Gasteiger charge is -2.17. The number of carbonyl (C=O) groups excluding carboxylic acids is 2. The van der Waals surface area contributed by atoms with Crippen molar-refractivity contribution in [3.8, 4) is 0 Å². The van der Waals surface area contributed by atoms with Gasteiger partial charge in [-0.3, -0.25) is 20.4 Å². The summed E-state index contributed by atoms with van der Waals surface area (Å²) in [5.74, 6) is -0.662. The van der Waals surface area contributed by atoms with Crippen LogP contribution in [0.1, 0.15) is 20.8 Å². The summed E-state index contributed by atoms with van der Waals surface area (Å²) < 4.78 is 0. The van der Waals surface area contributed by atoms with E-state index in [-0.39, 0.29) is 5.91 Å². The second-order valence-electron chi connectivity index (χ2n) is 3.40. The minimum atomic E-state index is -0.506. The number of amides is 2. The van der Waals surface area contributed by atoms with Crippen LogP contribution in [-0.4, -0.2) is 11.8 Å². The van der Waals surface area contributed by atoms with Gasteiger partial charge in [0, 0.05) is 5.41 Å². The number of hydrazine groups is 1. The summed E-state index contributed by atoms with van der Waals surface area (Å²) in [5.41, 5.74) is 3.94. The van der Waals surface area contributed by atoms with Crippen LogP contribution in [0.25, 0.3) is 0 Å². The summed E-state index contributed by atoms with van der Waals surface area (Å²) in [4.78, 5) is 21.7. The van der Waals surface area contributed by atoms with Crippen LogP contribution in [0.3, 0.4) is 0 Å². The number of rotatable bonds is 1. The van der Waals surface area contributed by atoms with Gasteiger partial charge in [-0.05, 0) is 6.08 Å². The lowest BCUT2D eigenvalue weighted by Crippen LogP contribution is -2.46. The maximum atomic E-state index is 11.1. The van der Waals surface area contributed by atoms with Gasteiger partial charge in [-0.25, -0.2) is 0 Å². The molecular formula is C8H14N2O2. The van der Waals surface area contributed by atoms with Crippen LogP contribution < -0.4 is 10.9 Å². The van der Waals surface area contributed by atoms with Gasteiger partial charge < -0.3 is 0 Å². The van der Waals surface area contributed by atoms with Crippen LogP contribution in [0.2, 0.25) is 0 Å². The van der Waals surface area contributed by atoms with E-state index in [9.17, 15) is 9.59 Å². The van der Waals surface area contributed by atoms with Crippen molar-refractivity contribution in [2.75, 3.05) is 0 Å². The summed E-state index contributed by atoms with van der Waals surface area (Å²) >= 11 is 0. The smallest absolute Gasteiger partial charge is 0.261 e. The van der Waals surface area contributed by atoms with E-state index >= 15 is 0 Å². The molecule has 0 aliphatic rings. The summed E-state index contributed by atoms with van der Waals surface area (Å²) in [6.45, 7) is 8.49. The van der Waals surface area contributed by atoms with Crippen LogP contribution in [0.4, 0.5) is 0 Å². The number of hydrogen-bond donors (Lipinski definition) is 2. The van der Waals surface area contributed by atoms with Gasteiger partial charge in [-0.1, -0.05) is 27.4 Å². The third kappa shape index (κ3) is 3.75. The Morgan fingerprint density at radius 1 is 1.25 bits per heavy atom. The molecule has 12 heavy (non-hydrogen) atoms. The van der Waals surface area contributed by atoms with Crippen LogP contribution in [0, 0.1) is 5.41 Å². The maximum absolute atomic E-state index is 11.1. The highest BCUT2D eigenvalue weighted by Gasteiger charge is 2.20. The molecule has 0 aromatic rings. The number of hydrogen-bond acceptors (Lipinski definition) is 2. The van der Waals surface area contributed by atoms with Crippen molar-refractivity contribution in [2.24, 2.45) is 5.41 Å². The van der Waals surface area contributed by atoms with E-state index in [1.54, 1.807) is 20.8 Å². The lowest BCUT2D eigenvalue weighted by atomic mass is 9.96. The van der Waals surface area contributed by atoms with E-state index in [2.05, 4.69) is 17.4 Å². The number of nitrogens with one attached hydrogen (secondary N) is 2. The molecule has 0 saturated carbocycles.